The Balaban J connectivity index is -0.000000122. The molecule has 0 spiro atoms. The van der Waals surface area contributed by atoms with Gasteiger partial charge in [0.2, 0.25) is 0 Å². The van der Waals surface area contributed by atoms with E-state index in [2.05, 4.69) is 0 Å². The zero-order chi connectivity index (χ0) is 19.8. The number of hydrogen-bond donors (Lipinski definition) is 0. The average molecular weight is 544 g/mol. The van der Waals surface area contributed by atoms with Crippen LogP contribution < -0.4 is 5.19 Å². The van der Waals surface area contributed by atoms with Gasteiger partial charge < -0.3 is 17.2 Å². The van der Waals surface area contributed by atoms with Gasteiger partial charge in [-0.25, -0.2) is 24.5 Å². The van der Waals surface area contributed by atoms with E-state index in [9.17, 15) is 12.3 Å². The normalized spacial score (nSPS) is 13.3. The molecular weight excluding hydrogens is 510 g/mol. The van der Waals surface area contributed by atoms with E-state index in [-0.39, 0.29) is 44.0 Å². The molecule has 3 nitrogen and oxygen atoms in total. The quantitative estimate of drug-likeness (QED) is 0.223. The third kappa shape index (κ3) is 32.3. The van der Waals surface area contributed by atoms with Gasteiger partial charge in [-0.05, 0) is 0 Å². The van der Waals surface area contributed by atoms with E-state index >= 15 is 0 Å². The summed E-state index contributed by atoms with van der Waals surface area (Å²) in [7, 11) is -5.48. The summed E-state index contributed by atoms with van der Waals surface area (Å²) in [5, 5.41) is -0.442. The van der Waals surface area contributed by atoms with Crippen LogP contribution in [0.1, 0.15) is 60.8 Å². The summed E-state index contributed by atoms with van der Waals surface area (Å²) in [4.78, 5) is 0. The molecule has 0 aliphatic carbocycles. The summed E-state index contributed by atoms with van der Waals surface area (Å²) in [6.45, 7) is 11.7. The first kappa shape index (κ1) is 32.8. The minimum atomic E-state index is -5.48. The minimum absolute atomic E-state index is 0. The second-order valence-electron chi connectivity index (χ2n) is 5.60. The topological polar surface area (TPSA) is 71.4 Å². The maximum Gasteiger partial charge on any atom is 4.00 e. The van der Waals surface area contributed by atoms with E-state index in [1.807, 2.05) is 41.5 Å². The van der Waals surface area contributed by atoms with E-state index in [1.165, 1.54) is 12.1 Å². The Bertz CT molecular complexity index is 324. The first-order valence-corrected chi connectivity index (χ1v) is 9.97. The van der Waals surface area contributed by atoms with Crippen LogP contribution in [0.3, 0.4) is 0 Å². The summed E-state index contributed by atoms with van der Waals surface area (Å²) >= 11 is 0. The molecule has 1 aromatic rings. The third-order valence-electron chi connectivity index (χ3n) is 2.83. The summed E-state index contributed by atoms with van der Waals surface area (Å²) in [5.41, 5.74) is 20.5. The zero-order valence-corrected chi connectivity index (χ0v) is 20.9. The van der Waals surface area contributed by atoms with Crippen molar-refractivity contribution in [2.75, 3.05) is 0 Å². The van der Waals surface area contributed by atoms with Crippen LogP contribution in [-0.4, -0.2) is 27.2 Å². The summed E-state index contributed by atoms with van der Waals surface area (Å²) < 4.78 is 35.3. The van der Waals surface area contributed by atoms with Gasteiger partial charge in [-0.1, -0.05) is 66.0 Å². The zero-order valence-electron chi connectivity index (χ0n) is 16.3. The van der Waals surface area contributed by atoms with Crippen molar-refractivity contribution in [1.29, 1.82) is 0 Å². The van der Waals surface area contributed by atoms with Gasteiger partial charge in [-0.2, -0.15) is 12.1 Å². The number of hydrogen-bond acceptors (Lipinski definition) is 0. The van der Waals surface area contributed by atoms with Crippen molar-refractivity contribution in [3.8, 4) is 0 Å². The third-order valence-corrected chi connectivity index (χ3v) is 3.82. The second kappa shape index (κ2) is 20.4. The van der Waals surface area contributed by atoms with Crippen LogP contribution in [0, 0.1) is 0 Å². The Hall–Kier alpha value is 0.107. The van der Waals surface area contributed by atoms with Crippen molar-refractivity contribution < 1.29 is 38.2 Å². The largest absolute Gasteiger partial charge is 4.00 e. The van der Waals surface area contributed by atoms with E-state index in [0.717, 1.165) is 31.4 Å². The molecule has 0 fully saturated rings. The van der Waals surface area contributed by atoms with Crippen LogP contribution in [0.2, 0.25) is 0 Å². The molecule has 0 bridgehead atoms. The molecule has 0 heterocycles. The van der Waals surface area contributed by atoms with Crippen molar-refractivity contribution in [1.82, 2.24) is 0 Å². The SMILES string of the molecule is CCC(C)[NH-].CCC(C)[NH-].CCC(C)[NH-].F[Si](F)(F)[c-]1cccc1.[Hf+4]. The maximum absolute atomic E-state index is 11.8. The molecule has 0 amide bonds. The minimum Gasteiger partial charge on any atom is -0.675 e. The fraction of sp³-hybridized carbons (Fsp3) is 0.706. The molecule has 3 atom stereocenters. The molecule has 8 heteroatoms. The van der Waals surface area contributed by atoms with Crippen LogP contribution in [-0.2, 0) is 25.8 Å². The molecule has 0 saturated carbocycles. The first-order valence-electron chi connectivity index (χ1n) is 8.34. The fourth-order valence-corrected chi connectivity index (χ4v) is 1.13. The van der Waals surface area contributed by atoms with Gasteiger partial charge in [-0.15, -0.1) is 18.1 Å². The molecule has 0 aliphatic heterocycles. The van der Waals surface area contributed by atoms with E-state index in [4.69, 9.17) is 17.2 Å². The Kier molecular flexibility index (Phi) is 26.8. The molecule has 0 aliphatic rings. The molecule has 146 valence electrons. The van der Waals surface area contributed by atoms with Crippen molar-refractivity contribution in [3.63, 3.8) is 0 Å². The van der Waals surface area contributed by atoms with Gasteiger partial charge in [0, 0.05) is 0 Å². The van der Waals surface area contributed by atoms with Gasteiger partial charge >= 0.3 is 34.9 Å². The maximum atomic E-state index is 11.8. The van der Waals surface area contributed by atoms with E-state index in [0.29, 0.717) is 0 Å². The molecule has 3 N–H and O–H groups in total. The van der Waals surface area contributed by atoms with Crippen molar-refractivity contribution in [3.05, 3.63) is 41.5 Å². The number of halogens is 3. The Morgan fingerprint density at radius 1 is 0.760 bits per heavy atom. The Labute approximate surface area is 172 Å². The van der Waals surface area contributed by atoms with Crippen LogP contribution in [0.25, 0.3) is 17.2 Å². The Morgan fingerprint density at radius 2 is 0.960 bits per heavy atom. The monoisotopic (exact) mass is 545 g/mol. The molecule has 1 rings (SSSR count). The fourth-order valence-electron chi connectivity index (χ4n) is 0.563. The second-order valence-corrected chi connectivity index (χ2v) is 7.17. The molecular formula is C17H34F3HfN3Si. The molecule has 0 saturated heterocycles. The summed E-state index contributed by atoms with van der Waals surface area (Å²) in [5.74, 6) is 0. The first-order chi connectivity index (χ1) is 10.9. The van der Waals surface area contributed by atoms with Crippen LogP contribution in [0.15, 0.2) is 24.3 Å². The van der Waals surface area contributed by atoms with Gasteiger partial charge in [0.25, 0.3) is 0 Å². The van der Waals surface area contributed by atoms with Crippen LogP contribution >= 0.6 is 0 Å². The number of rotatable bonds is 4. The number of nitrogens with one attached hydrogen (secondary N) is 3. The standard InChI is InChI=1S/C5H4F3Si.3C4H10N.Hf/c6-9(7,8)5-3-1-2-4-5;3*1-3-4(2)5;/h1-4H;3*4-5H,3H2,1-2H3;/q4*-1;+4. The Morgan fingerprint density at radius 3 is 1.04 bits per heavy atom. The predicted molar refractivity (Wildman–Crippen MR) is 103 cm³/mol. The summed E-state index contributed by atoms with van der Waals surface area (Å²) in [6.07, 6.45) is 2.92. The molecule has 1 aromatic carbocycles. The van der Waals surface area contributed by atoms with Gasteiger partial charge in [0.05, 0.1) is 0 Å². The van der Waals surface area contributed by atoms with Gasteiger partial charge in [-0.3, -0.25) is 0 Å². The van der Waals surface area contributed by atoms with Crippen LogP contribution in [0.5, 0.6) is 0 Å². The van der Waals surface area contributed by atoms with Crippen molar-refractivity contribution >= 4 is 14.3 Å². The smallest absolute Gasteiger partial charge is 0.675 e. The predicted octanol–water partition coefficient (Wildman–Crippen LogP) is 6.97. The van der Waals surface area contributed by atoms with E-state index < -0.39 is 14.3 Å². The average Bonchev–Trinajstić information content (AvgIpc) is 3.03. The molecule has 3 unspecified atom stereocenters. The molecule has 0 aromatic heterocycles. The summed E-state index contributed by atoms with van der Waals surface area (Å²) in [6, 6.07) is 5.41. The van der Waals surface area contributed by atoms with Crippen molar-refractivity contribution in [2.24, 2.45) is 0 Å². The van der Waals surface area contributed by atoms with Gasteiger partial charge in [0.15, 0.2) is 0 Å². The van der Waals surface area contributed by atoms with Crippen molar-refractivity contribution in [2.45, 2.75) is 78.9 Å². The molecule has 0 radical (unpaired) electrons. The van der Waals surface area contributed by atoms with Crippen LogP contribution in [0.4, 0.5) is 12.3 Å². The van der Waals surface area contributed by atoms with E-state index in [1.54, 1.807) is 0 Å². The molecule has 25 heavy (non-hydrogen) atoms. The van der Waals surface area contributed by atoms with Gasteiger partial charge in [0.1, 0.15) is 0 Å².